The first-order valence-electron chi connectivity index (χ1n) is 9.40. The molecule has 3 heterocycles. The highest BCUT2D eigenvalue weighted by Crippen LogP contribution is 2.23. The van der Waals surface area contributed by atoms with Crippen LogP contribution in [-0.4, -0.2) is 51.2 Å². The lowest BCUT2D eigenvalue weighted by atomic mass is 10.1. The fourth-order valence-corrected chi connectivity index (χ4v) is 3.34. The third-order valence-corrected chi connectivity index (χ3v) is 4.76. The third kappa shape index (κ3) is 4.58. The zero-order chi connectivity index (χ0) is 19.3. The number of halogens is 1. The van der Waals surface area contributed by atoms with Gasteiger partial charge in [0.2, 0.25) is 0 Å². The van der Waals surface area contributed by atoms with E-state index >= 15 is 0 Å². The van der Waals surface area contributed by atoms with E-state index in [1.807, 2.05) is 30.2 Å². The van der Waals surface area contributed by atoms with Crippen molar-refractivity contribution in [2.75, 3.05) is 26.3 Å². The van der Waals surface area contributed by atoms with Crippen LogP contribution >= 0.6 is 0 Å². The molecule has 1 N–H and O–H groups in total. The number of morpholine rings is 1. The molecule has 8 heteroatoms. The van der Waals surface area contributed by atoms with Crippen LogP contribution < -0.4 is 4.74 Å². The number of aromatic amines is 1. The van der Waals surface area contributed by atoms with Crippen LogP contribution in [0.25, 0.3) is 0 Å². The normalized spacial score (nSPS) is 17.7. The Balaban J connectivity index is 1.30. The second-order valence-corrected chi connectivity index (χ2v) is 6.96. The Morgan fingerprint density at radius 1 is 1.36 bits per heavy atom. The number of aromatic nitrogens is 4. The van der Waals surface area contributed by atoms with Gasteiger partial charge in [-0.1, -0.05) is 12.1 Å². The maximum atomic E-state index is 13.6. The van der Waals surface area contributed by atoms with E-state index in [2.05, 4.69) is 20.2 Å². The van der Waals surface area contributed by atoms with E-state index in [-0.39, 0.29) is 17.7 Å². The standard InChI is InChI=1S/C20H24FN5O2/c1-25-12-15(11-22-25)13-26-7-9-28-20(14-26)18-10-16(23-24-18)6-8-27-19-5-3-2-4-17(19)21/h2-5,10-12,20H,6-9,13-14H2,1H3,(H,23,24). The fraction of sp³-hybridized carbons (Fsp3) is 0.400. The number of H-pyrrole nitrogens is 1. The van der Waals surface area contributed by atoms with E-state index in [4.69, 9.17) is 9.47 Å². The molecule has 1 aliphatic rings. The molecule has 1 fully saturated rings. The lowest BCUT2D eigenvalue weighted by molar-refractivity contribution is -0.0350. The first kappa shape index (κ1) is 18.6. The number of ether oxygens (including phenoxy) is 2. The molecule has 3 aromatic rings. The molecular weight excluding hydrogens is 361 g/mol. The van der Waals surface area contributed by atoms with Gasteiger partial charge in [0.15, 0.2) is 11.6 Å². The molecule has 4 rings (SSSR count). The van der Waals surface area contributed by atoms with Gasteiger partial charge in [0.05, 0.1) is 25.1 Å². The maximum absolute atomic E-state index is 13.6. The largest absolute Gasteiger partial charge is 0.490 e. The molecule has 0 radical (unpaired) electrons. The van der Waals surface area contributed by atoms with Crippen LogP contribution in [0.2, 0.25) is 0 Å². The van der Waals surface area contributed by atoms with E-state index in [1.54, 1.807) is 18.2 Å². The van der Waals surface area contributed by atoms with Crippen LogP contribution in [0.4, 0.5) is 4.39 Å². The number of aryl methyl sites for hydroxylation is 1. The van der Waals surface area contributed by atoms with Crippen LogP contribution in [0.3, 0.4) is 0 Å². The first-order chi connectivity index (χ1) is 13.7. The average Bonchev–Trinajstić information content (AvgIpc) is 3.33. The monoisotopic (exact) mass is 385 g/mol. The Bertz CT molecular complexity index is 909. The van der Waals surface area contributed by atoms with Gasteiger partial charge in [0, 0.05) is 50.6 Å². The van der Waals surface area contributed by atoms with Crippen molar-refractivity contribution in [1.29, 1.82) is 0 Å². The molecule has 1 atom stereocenters. The molecule has 0 aliphatic carbocycles. The summed E-state index contributed by atoms with van der Waals surface area (Å²) in [7, 11) is 1.92. The second kappa shape index (κ2) is 8.53. The molecule has 1 saturated heterocycles. The minimum Gasteiger partial charge on any atom is -0.490 e. The van der Waals surface area contributed by atoms with Gasteiger partial charge in [-0.3, -0.25) is 14.7 Å². The van der Waals surface area contributed by atoms with Crippen molar-refractivity contribution in [3.05, 3.63) is 65.5 Å². The zero-order valence-corrected chi connectivity index (χ0v) is 15.8. The minimum atomic E-state index is -0.350. The molecule has 0 bridgehead atoms. The number of rotatable bonds is 7. The Hall–Kier alpha value is -2.71. The van der Waals surface area contributed by atoms with Crippen molar-refractivity contribution < 1.29 is 13.9 Å². The number of nitrogens with one attached hydrogen (secondary N) is 1. The molecule has 0 amide bonds. The van der Waals surface area contributed by atoms with Crippen LogP contribution in [0.1, 0.15) is 23.1 Å². The molecule has 2 aromatic heterocycles. The molecule has 1 aromatic carbocycles. The average molecular weight is 385 g/mol. The van der Waals surface area contributed by atoms with Gasteiger partial charge in [-0.05, 0) is 18.2 Å². The van der Waals surface area contributed by atoms with Gasteiger partial charge in [-0.25, -0.2) is 4.39 Å². The van der Waals surface area contributed by atoms with Crippen molar-refractivity contribution in [2.24, 2.45) is 7.05 Å². The minimum absolute atomic E-state index is 0.0668. The predicted octanol–water partition coefficient (Wildman–Crippen LogP) is 2.48. The lowest BCUT2D eigenvalue weighted by Crippen LogP contribution is -2.37. The zero-order valence-electron chi connectivity index (χ0n) is 15.8. The number of hydrogen-bond acceptors (Lipinski definition) is 5. The topological polar surface area (TPSA) is 68.2 Å². The van der Waals surface area contributed by atoms with Crippen molar-refractivity contribution in [2.45, 2.75) is 19.1 Å². The number of para-hydroxylation sites is 1. The molecule has 148 valence electrons. The number of nitrogens with zero attached hydrogens (tertiary/aromatic N) is 4. The summed E-state index contributed by atoms with van der Waals surface area (Å²) >= 11 is 0. The van der Waals surface area contributed by atoms with E-state index in [0.29, 0.717) is 19.6 Å². The maximum Gasteiger partial charge on any atom is 0.165 e. The van der Waals surface area contributed by atoms with Crippen molar-refractivity contribution >= 4 is 0 Å². The highest BCUT2D eigenvalue weighted by atomic mass is 19.1. The van der Waals surface area contributed by atoms with Gasteiger partial charge in [0.1, 0.15) is 6.10 Å². The van der Waals surface area contributed by atoms with E-state index in [9.17, 15) is 4.39 Å². The lowest BCUT2D eigenvalue weighted by Gasteiger charge is -2.31. The smallest absolute Gasteiger partial charge is 0.165 e. The van der Waals surface area contributed by atoms with Gasteiger partial charge in [-0.2, -0.15) is 10.2 Å². The molecular formula is C20H24FN5O2. The summed E-state index contributed by atoms with van der Waals surface area (Å²) in [4.78, 5) is 2.35. The molecule has 7 nitrogen and oxygen atoms in total. The van der Waals surface area contributed by atoms with Gasteiger partial charge in [-0.15, -0.1) is 0 Å². The summed E-state index contributed by atoms with van der Waals surface area (Å²) in [6, 6.07) is 8.42. The van der Waals surface area contributed by atoms with Crippen molar-refractivity contribution in [1.82, 2.24) is 24.9 Å². The Morgan fingerprint density at radius 3 is 3.07 bits per heavy atom. The van der Waals surface area contributed by atoms with Crippen molar-refractivity contribution in [3.63, 3.8) is 0 Å². The predicted molar refractivity (Wildman–Crippen MR) is 101 cm³/mol. The van der Waals surface area contributed by atoms with Crippen LogP contribution in [0.5, 0.6) is 5.75 Å². The summed E-state index contributed by atoms with van der Waals surface area (Å²) in [6.07, 6.45) is 4.48. The summed E-state index contributed by atoms with van der Waals surface area (Å²) < 4.78 is 26.8. The summed E-state index contributed by atoms with van der Waals surface area (Å²) in [6.45, 7) is 3.57. The number of hydrogen-bond donors (Lipinski definition) is 1. The highest BCUT2D eigenvalue weighted by molar-refractivity contribution is 5.23. The number of benzene rings is 1. The SMILES string of the molecule is Cn1cc(CN2CCOC(c3cc(CCOc4ccccc4F)[nH]n3)C2)cn1. The van der Waals surface area contributed by atoms with E-state index in [1.165, 1.54) is 11.6 Å². The Labute approximate surface area is 163 Å². The van der Waals surface area contributed by atoms with Gasteiger partial charge >= 0.3 is 0 Å². The van der Waals surface area contributed by atoms with E-state index in [0.717, 1.165) is 31.0 Å². The summed E-state index contributed by atoms with van der Waals surface area (Å²) in [5.41, 5.74) is 3.02. The van der Waals surface area contributed by atoms with Crippen molar-refractivity contribution in [3.8, 4) is 5.75 Å². The molecule has 1 unspecified atom stereocenters. The van der Waals surface area contributed by atoms with E-state index < -0.39 is 0 Å². The molecule has 0 saturated carbocycles. The second-order valence-electron chi connectivity index (χ2n) is 6.96. The molecule has 0 spiro atoms. The van der Waals surface area contributed by atoms with Crippen LogP contribution in [0.15, 0.2) is 42.7 Å². The summed E-state index contributed by atoms with van der Waals surface area (Å²) in [5, 5.41) is 11.7. The highest BCUT2D eigenvalue weighted by Gasteiger charge is 2.24. The fourth-order valence-electron chi connectivity index (χ4n) is 3.34. The van der Waals surface area contributed by atoms with Gasteiger partial charge < -0.3 is 9.47 Å². The van der Waals surface area contributed by atoms with Gasteiger partial charge in [0.25, 0.3) is 0 Å². The molecule has 28 heavy (non-hydrogen) atoms. The Kier molecular flexibility index (Phi) is 5.68. The first-order valence-corrected chi connectivity index (χ1v) is 9.40. The summed E-state index contributed by atoms with van der Waals surface area (Å²) in [5.74, 6) is -0.0824. The van der Waals surface area contributed by atoms with Crippen LogP contribution in [-0.2, 0) is 24.8 Å². The molecule has 1 aliphatic heterocycles. The Morgan fingerprint density at radius 2 is 2.25 bits per heavy atom. The third-order valence-electron chi connectivity index (χ3n) is 4.76. The quantitative estimate of drug-likeness (QED) is 0.677. The van der Waals surface area contributed by atoms with Crippen LogP contribution in [0, 0.1) is 5.82 Å².